The minimum atomic E-state index is 0.817. The molecule has 3 fully saturated rings. The highest BCUT2D eigenvalue weighted by molar-refractivity contribution is 4.88. The van der Waals surface area contributed by atoms with Gasteiger partial charge >= 0.3 is 0 Å². The van der Waals surface area contributed by atoms with E-state index < -0.39 is 0 Å². The predicted octanol–water partition coefficient (Wildman–Crippen LogP) is 1.49. The van der Waals surface area contributed by atoms with Crippen LogP contribution in [0.4, 0.5) is 0 Å². The van der Waals surface area contributed by atoms with Gasteiger partial charge in [-0.2, -0.15) is 0 Å². The molecule has 3 aliphatic rings. The van der Waals surface area contributed by atoms with Gasteiger partial charge in [-0.25, -0.2) is 0 Å². The second-order valence-corrected chi connectivity index (χ2v) is 6.11. The van der Waals surface area contributed by atoms with Crippen molar-refractivity contribution < 1.29 is 4.74 Å². The van der Waals surface area contributed by atoms with E-state index >= 15 is 0 Å². The SMILES string of the molecule is C1CC(CN(CC2CCOC2)C2CC2)CCN1. The Hall–Kier alpha value is -0.120. The molecular weight excluding hydrogens is 212 g/mol. The lowest BCUT2D eigenvalue weighted by atomic mass is 9.96. The van der Waals surface area contributed by atoms with Crippen LogP contribution in [0.5, 0.6) is 0 Å². The molecule has 2 aliphatic heterocycles. The lowest BCUT2D eigenvalue weighted by Gasteiger charge is -2.31. The standard InChI is InChI=1S/C14H26N2O/c1-2-14(1)16(10-13-5-8-17-11-13)9-12-3-6-15-7-4-12/h12-15H,1-11H2. The van der Waals surface area contributed by atoms with Crippen molar-refractivity contribution in [1.82, 2.24) is 10.2 Å². The summed E-state index contributed by atoms with van der Waals surface area (Å²) in [5, 5.41) is 3.47. The molecule has 0 bridgehead atoms. The Morgan fingerprint density at radius 2 is 1.71 bits per heavy atom. The van der Waals surface area contributed by atoms with Crippen LogP contribution in [0, 0.1) is 11.8 Å². The molecular formula is C14H26N2O. The molecule has 0 radical (unpaired) electrons. The van der Waals surface area contributed by atoms with Crippen LogP contribution in [-0.4, -0.2) is 50.3 Å². The largest absolute Gasteiger partial charge is 0.381 e. The number of piperidine rings is 1. The van der Waals surface area contributed by atoms with E-state index in [-0.39, 0.29) is 0 Å². The van der Waals surface area contributed by atoms with E-state index in [9.17, 15) is 0 Å². The third-order valence-electron chi connectivity index (χ3n) is 4.53. The molecule has 3 nitrogen and oxygen atoms in total. The van der Waals surface area contributed by atoms with E-state index in [1.165, 1.54) is 58.3 Å². The fourth-order valence-electron chi connectivity index (χ4n) is 3.27. The summed E-state index contributed by atoms with van der Waals surface area (Å²) in [6.07, 6.45) is 6.93. The van der Waals surface area contributed by atoms with Gasteiger partial charge in [-0.1, -0.05) is 0 Å². The van der Waals surface area contributed by atoms with Gasteiger partial charge < -0.3 is 10.1 Å². The second-order valence-electron chi connectivity index (χ2n) is 6.11. The van der Waals surface area contributed by atoms with Crippen LogP contribution < -0.4 is 5.32 Å². The highest BCUT2D eigenvalue weighted by Crippen LogP contribution is 2.30. The lowest BCUT2D eigenvalue weighted by Crippen LogP contribution is -2.39. The first-order valence-corrected chi connectivity index (χ1v) is 7.44. The Morgan fingerprint density at radius 1 is 0.941 bits per heavy atom. The minimum Gasteiger partial charge on any atom is -0.381 e. The smallest absolute Gasteiger partial charge is 0.0507 e. The Bertz CT molecular complexity index is 230. The van der Waals surface area contributed by atoms with Crippen LogP contribution in [0.15, 0.2) is 0 Å². The van der Waals surface area contributed by atoms with E-state index in [2.05, 4.69) is 10.2 Å². The third-order valence-corrected chi connectivity index (χ3v) is 4.53. The molecule has 3 heteroatoms. The average Bonchev–Trinajstić information content (AvgIpc) is 3.09. The van der Waals surface area contributed by atoms with Gasteiger partial charge in [0, 0.05) is 25.7 Å². The summed E-state index contributed by atoms with van der Waals surface area (Å²) in [6.45, 7) is 7.12. The number of rotatable bonds is 5. The summed E-state index contributed by atoms with van der Waals surface area (Å²) in [5.74, 6) is 1.76. The Morgan fingerprint density at radius 3 is 2.35 bits per heavy atom. The molecule has 1 N–H and O–H groups in total. The number of nitrogens with one attached hydrogen (secondary N) is 1. The molecule has 2 heterocycles. The van der Waals surface area contributed by atoms with Gasteiger partial charge in [0.1, 0.15) is 0 Å². The molecule has 1 unspecified atom stereocenters. The quantitative estimate of drug-likeness (QED) is 0.785. The summed E-state index contributed by atoms with van der Waals surface area (Å²) in [5.41, 5.74) is 0. The van der Waals surface area contributed by atoms with E-state index in [0.717, 1.165) is 31.1 Å². The first-order chi connectivity index (χ1) is 8.42. The maximum atomic E-state index is 5.51. The maximum Gasteiger partial charge on any atom is 0.0507 e. The molecule has 3 rings (SSSR count). The zero-order chi connectivity index (χ0) is 11.5. The van der Waals surface area contributed by atoms with Crippen molar-refractivity contribution in [2.75, 3.05) is 39.4 Å². The molecule has 2 saturated heterocycles. The monoisotopic (exact) mass is 238 g/mol. The van der Waals surface area contributed by atoms with Gasteiger partial charge in [0.05, 0.1) is 6.61 Å². The number of nitrogens with zero attached hydrogens (tertiary/aromatic N) is 1. The maximum absolute atomic E-state index is 5.51. The topological polar surface area (TPSA) is 24.5 Å². The van der Waals surface area contributed by atoms with Crippen molar-refractivity contribution in [1.29, 1.82) is 0 Å². The van der Waals surface area contributed by atoms with Gasteiger partial charge in [-0.3, -0.25) is 4.90 Å². The van der Waals surface area contributed by atoms with E-state index in [1.54, 1.807) is 0 Å². The molecule has 98 valence electrons. The summed E-state index contributed by atoms with van der Waals surface area (Å²) in [7, 11) is 0. The van der Waals surface area contributed by atoms with Crippen LogP contribution in [0.25, 0.3) is 0 Å². The Balaban J connectivity index is 1.48. The van der Waals surface area contributed by atoms with E-state index in [1.807, 2.05) is 0 Å². The van der Waals surface area contributed by atoms with E-state index in [0.29, 0.717) is 0 Å². The van der Waals surface area contributed by atoms with E-state index in [4.69, 9.17) is 4.74 Å². The van der Waals surface area contributed by atoms with Crippen molar-refractivity contribution in [2.45, 2.75) is 38.1 Å². The van der Waals surface area contributed by atoms with Crippen LogP contribution in [0.3, 0.4) is 0 Å². The second kappa shape index (κ2) is 5.68. The van der Waals surface area contributed by atoms with Crippen molar-refractivity contribution in [3.05, 3.63) is 0 Å². The fraction of sp³-hybridized carbons (Fsp3) is 1.00. The van der Waals surface area contributed by atoms with Gasteiger partial charge in [0.2, 0.25) is 0 Å². The summed E-state index contributed by atoms with van der Waals surface area (Å²) >= 11 is 0. The minimum absolute atomic E-state index is 0.817. The molecule has 0 amide bonds. The van der Waals surface area contributed by atoms with Crippen LogP contribution >= 0.6 is 0 Å². The summed E-state index contributed by atoms with van der Waals surface area (Å²) in [6, 6.07) is 0.922. The molecule has 0 spiro atoms. The normalized spacial score (nSPS) is 31.2. The summed E-state index contributed by atoms with van der Waals surface area (Å²) in [4.78, 5) is 2.79. The Kier molecular flexibility index (Phi) is 3.99. The average molecular weight is 238 g/mol. The van der Waals surface area contributed by atoms with Crippen LogP contribution in [0.1, 0.15) is 32.1 Å². The molecule has 0 aromatic rings. The third kappa shape index (κ3) is 3.43. The van der Waals surface area contributed by atoms with Crippen molar-refractivity contribution >= 4 is 0 Å². The first-order valence-electron chi connectivity index (χ1n) is 7.44. The van der Waals surface area contributed by atoms with Crippen LogP contribution in [0.2, 0.25) is 0 Å². The molecule has 0 aromatic carbocycles. The van der Waals surface area contributed by atoms with Gasteiger partial charge in [0.25, 0.3) is 0 Å². The van der Waals surface area contributed by atoms with Crippen LogP contribution in [-0.2, 0) is 4.74 Å². The molecule has 0 aromatic heterocycles. The summed E-state index contributed by atoms with van der Waals surface area (Å²) < 4.78 is 5.51. The van der Waals surface area contributed by atoms with Gasteiger partial charge in [-0.05, 0) is 57.0 Å². The molecule has 1 atom stereocenters. The molecule has 17 heavy (non-hydrogen) atoms. The van der Waals surface area contributed by atoms with Crippen molar-refractivity contribution in [2.24, 2.45) is 11.8 Å². The fourth-order valence-corrected chi connectivity index (χ4v) is 3.27. The zero-order valence-corrected chi connectivity index (χ0v) is 10.9. The zero-order valence-electron chi connectivity index (χ0n) is 10.9. The number of hydrogen-bond acceptors (Lipinski definition) is 3. The first kappa shape index (κ1) is 11.9. The molecule has 1 saturated carbocycles. The molecule has 1 aliphatic carbocycles. The highest BCUT2D eigenvalue weighted by atomic mass is 16.5. The number of ether oxygens (including phenoxy) is 1. The number of hydrogen-bond donors (Lipinski definition) is 1. The Labute approximate surface area is 105 Å². The van der Waals surface area contributed by atoms with Gasteiger partial charge in [0.15, 0.2) is 0 Å². The van der Waals surface area contributed by atoms with Crippen molar-refractivity contribution in [3.8, 4) is 0 Å². The highest BCUT2D eigenvalue weighted by Gasteiger charge is 2.33. The predicted molar refractivity (Wildman–Crippen MR) is 69.1 cm³/mol. The van der Waals surface area contributed by atoms with Crippen molar-refractivity contribution in [3.63, 3.8) is 0 Å². The van der Waals surface area contributed by atoms with Gasteiger partial charge in [-0.15, -0.1) is 0 Å². The lowest BCUT2D eigenvalue weighted by molar-refractivity contribution is 0.147.